The molecule has 0 aromatic heterocycles. The Morgan fingerprint density at radius 1 is 0.349 bits per heavy atom. The number of hydrogen-bond acceptors (Lipinski definition) is 6. The van der Waals surface area contributed by atoms with Gasteiger partial charge in [-0.05, 0) is 96.3 Å². The summed E-state index contributed by atoms with van der Waals surface area (Å²) in [4.78, 5) is 37.9. The minimum Gasteiger partial charge on any atom is -0.462 e. The van der Waals surface area contributed by atoms with Gasteiger partial charge in [-0.15, -0.1) is 0 Å². The molecule has 0 amide bonds. The van der Waals surface area contributed by atoms with Crippen molar-refractivity contribution < 1.29 is 28.6 Å². The number of ether oxygens (including phenoxy) is 3. The maximum absolute atomic E-state index is 12.8. The summed E-state index contributed by atoms with van der Waals surface area (Å²) in [6.45, 7) is 6.40. The van der Waals surface area contributed by atoms with Crippen LogP contribution in [0.5, 0.6) is 0 Å². The number of carbonyl (C=O) groups excluding carboxylic acids is 3. The van der Waals surface area contributed by atoms with Gasteiger partial charge in [0.1, 0.15) is 13.2 Å². The van der Waals surface area contributed by atoms with Crippen molar-refractivity contribution in [2.24, 2.45) is 0 Å². The van der Waals surface area contributed by atoms with Gasteiger partial charge < -0.3 is 14.2 Å². The zero-order valence-corrected chi connectivity index (χ0v) is 40.8. The summed E-state index contributed by atoms with van der Waals surface area (Å²) in [7, 11) is 0. The fourth-order valence-electron chi connectivity index (χ4n) is 6.74. The predicted octanol–water partition coefficient (Wildman–Crippen LogP) is 17.0. The van der Waals surface area contributed by atoms with Gasteiger partial charge in [0.05, 0.1) is 0 Å². The second kappa shape index (κ2) is 51.0. The molecule has 0 saturated carbocycles. The van der Waals surface area contributed by atoms with Crippen LogP contribution in [0, 0.1) is 0 Å². The first-order chi connectivity index (χ1) is 31.0. The van der Waals surface area contributed by atoms with E-state index in [9.17, 15) is 14.4 Å². The van der Waals surface area contributed by atoms with Crippen LogP contribution in [0.2, 0.25) is 0 Å². The van der Waals surface area contributed by atoms with Gasteiger partial charge in [-0.3, -0.25) is 14.4 Å². The summed E-state index contributed by atoms with van der Waals surface area (Å²) in [6, 6.07) is 0. The van der Waals surface area contributed by atoms with Crippen molar-refractivity contribution in [1.29, 1.82) is 0 Å². The van der Waals surface area contributed by atoms with Gasteiger partial charge in [0.2, 0.25) is 0 Å². The lowest BCUT2D eigenvalue weighted by atomic mass is 10.1. The average molecular weight is 875 g/mol. The van der Waals surface area contributed by atoms with Crippen LogP contribution in [0.15, 0.2) is 97.2 Å². The van der Waals surface area contributed by atoms with Crippen molar-refractivity contribution in [2.45, 2.75) is 232 Å². The van der Waals surface area contributed by atoms with Gasteiger partial charge in [-0.25, -0.2) is 0 Å². The molecule has 0 aromatic carbocycles. The lowest BCUT2D eigenvalue weighted by Gasteiger charge is -2.18. The van der Waals surface area contributed by atoms with Gasteiger partial charge in [-0.2, -0.15) is 0 Å². The minimum atomic E-state index is -0.821. The third-order valence-electron chi connectivity index (χ3n) is 10.6. The molecule has 0 heterocycles. The van der Waals surface area contributed by atoms with Crippen molar-refractivity contribution in [3.8, 4) is 0 Å². The summed E-state index contributed by atoms with van der Waals surface area (Å²) in [5.74, 6) is -1.03. The van der Waals surface area contributed by atoms with E-state index in [-0.39, 0.29) is 44.0 Å². The number of carbonyl (C=O) groups is 3. The molecule has 63 heavy (non-hydrogen) atoms. The molecule has 6 heteroatoms. The van der Waals surface area contributed by atoms with Gasteiger partial charge in [0.15, 0.2) is 6.10 Å². The second-order valence-electron chi connectivity index (χ2n) is 16.7. The Hall–Kier alpha value is -3.67. The van der Waals surface area contributed by atoms with Crippen LogP contribution >= 0.6 is 0 Å². The number of esters is 3. The lowest BCUT2D eigenvalue weighted by Crippen LogP contribution is -2.30. The molecule has 0 aliphatic heterocycles. The number of unbranched alkanes of at least 4 members (excludes halogenated alkanes) is 20. The van der Waals surface area contributed by atoms with E-state index in [4.69, 9.17) is 14.2 Å². The second-order valence-corrected chi connectivity index (χ2v) is 16.7. The zero-order chi connectivity index (χ0) is 45.8. The topological polar surface area (TPSA) is 78.9 Å². The Bertz CT molecular complexity index is 1280. The van der Waals surface area contributed by atoms with Crippen LogP contribution in [-0.4, -0.2) is 37.2 Å². The highest BCUT2D eigenvalue weighted by Crippen LogP contribution is 2.12. The highest BCUT2D eigenvalue weighted by atomic mass is 16.6. The van der Waals surface area contributed by atoms with E-state index in [2.05, 4.69) is 112 Å². The van der Waals surface area contributed by atoms with Crippen LogP contribution in [0.25, 0.3) is 0 Å². The smallest absolute Gasteiger partial charge is 0.306 e. The monoisotopic (exact) mass is 875 g/mol. The first-order valence-corrected chi connectivity index (χ1v) is 25.8. The van der Waals surface area contributed by atoms with E-state index in [1.165, 1.54) is 70.6 Å². The first kappa shape index (κ1) is 59.3. The molecular formula is C57H94O6. The summed E-state index contributed by atoms with van der Waals surface area (Å²) in [5.41, 5.74) is 0. The van der Waals surface area contributed by atoms with Crippen molar-refractivity contribution in [2.75, 3.05) is 13.2 Å². The number of allylic oxidation sites excluding steroid dienone is 16. The van der Waals surface area contributed by atoms with Gasteiger partial charge in [-0.1, -0.05) is 208 Å². The minimum absolute atomic E-state index is 0.116. The molecule has 0 aliphatic carbocycles. The molecular weight excluding hydrogens is 781 g/mol. The third kappa shape index (κ3) is 49.2. The van der Waals surface area contributed by atoms with Gasteiger partial charge in [0.25, 0.3) is 0 Å². The van der Waals surface area contributed by atoms with Crippen molar-refractivity contribution in [1.82, 2.24) is 0 Å². The van der Waals surface area contributed by atoms with E-state index in [0.29, 0.717) is 12.8 Å². The Kier molecular flexibility index (Phi) is 48.0. The number of hydrogen-bond donors (Lipinski definition) is 0. The first-order valence-electron chi connectivity index (χ1n) is 25.8. The van der Waals surface area contributed by atoms with E-state index in [1.54, 1.807) is 0 Å². The quantitative estimate of drug-likeness (QED) is 0.0199. The predicted molar refractivity (Wildman–Crippen MR) is 270 cm³/mol. The molecule has 0 saturated heterocycles. The maximum Gasteiger partial charge on any atom is 0.306 e. The summed E-state index contributed by atoms with van der Waals surface area (Å²) in [5, 5.41) is 0. The van der Waals surface area contributed by atoms with Crippen LogP contribution in [0.1, 0.15) is 226 Å². The lowest BCUT2D eigenvalue weighted by molar-refractivity contribution is -0.166. The normalized spacial score (nSPS) is 12.9. The van der Waals surface area contributed by atoms with E-state index < -0.39 is 6.10 Å². The molecule has 358 valence electrons. The molecule has 0 fully saturated rings. The largest absolute Gasteiger partial charge is 0.462 e. The average Bonchev–Trinajstić information content (AvgIpc) is 3.28. The molecule has 0 rings (SSSR count). The molecule has 1 unspecified atom stereocenters. The van der Waals surface area contributed by atoms with Crippen molar-refractivity contribution in [3.63, 3.8) is 0 Å². The Morgan fingerprint density at radius 2 is 0.714 bits per heavy atom. The van der Waals surface area contributed by atoms with Crippen molar-refractivity contribution >= 4 is 17.9 Å². The summed E-state index contributed by atoms with van der Waals surface area (Å²) >= 11 is 0. The van der Waals surface area contributed by atoms with E-state index in [0.717, 1.165) is 109 Å². The number of rotatable bonds is 45. The molecule has 0 spiro atoms. The molecule has 0 N–H and O–H groups in total. The van der Waals surface area contributed by atoms with Crippen LogP contribution in [0.3, 0.4) is 0 Å². The molecule has 1 atom stereocenters. The Balaban J connectivity index is 4.52. The fraction of sp³-hybridized carbons (Fsp3) is 0.667. The molecule has 0 bridgehead atoms. The summed E-state index contributed by atoms with van der Waals surface area (Å²) < 4.78 is 16.7. The maximum atomic E-state index is 12.8. The van der Waals surface area contributed by atoms with Gasteiger partial charge in [0, 0.05) is 19.3 Å². The molecule has 0 aliphatic rings. The highest BCUT2D eigenvalue weighted by molar-refractivity contribution is 5.71. The molecule has 6 nitrogen and oxygen atoms in total. The molecule has 0 aromatic rings. The Morgan fingerprint density at radius 3 is 1.19 bits per heavy atom. The van der Waals surface area contributed by atoms with Crippen molar-refractivity contribution in [3.05, 3.63) is 97.2 Å². The van der Waals surface area contributed by atoms with Gasteiger partial charge >= 0.3 is 17.9 Å². The Labute approximate surface area is 387 Å². The molecule has 0 radical (unpaired) electrons. The third-order valence-corrected chi connectivity index (χ3v) is 10.6. The zero-order valence-electron chi connectivity index (χ0n) is 40.8. The summed E-state index contributed by atoms with van der Waals surface area (Å²) in [6.07, 6.45) is 66.9. The van der Waals surface area contributed by atoms with E-state index >= 15 is 0 Å². The highest BCUT2D eigenvalue weighted by Gasteiger charge is 2.19. The van der Waals surface area contributed by atoms with Crippen LogP contribution < -0.4 is 0 Å². The van der Waals surface area contributed by atoms with Crippen LogP contribution in [0.4, 0.5) is 0 Å². The van der Waals surface area contributed by atoms with E-state index in [1.807, 2.05) is 6.08 Å². The fourth-order valence-corrected chi connectivity index (χ4v) is 6.74. The standard InChI is InChI=1S/C57H94O6/c1-4-7-10-13-16-19-22-25-27-28-29-30-33-35-38-41-44-47-50-56(59)62-53-54(52-61-55(58)49-46-43-40-37-34-31-24-21-18-15-12-9-6-3)63-57(60)51-48-45-42-39-36-32-26-23-20-17-14-11-8-5-2/h8,11,17,20,22,25-32,34,40,43,54H,4-7,9-10,12-16,18-19,21,23-24,33,35-39,41-42,44-53H2,1-3H3/b11-8+,20-17+,25-22+,28-27+,30-29+,32-26+,34-31+,43-40+. The van der Waals surface area contributed by atoms with Crippen LogP contribution in [-0.2, 0) is 28.6 Å². The SMILES string of the molecule is CC/C=C/C/C=C/C/C=C/CCCCCCC(=O)OC(COC(=O)CC/C=C/C/C=C/CCCCCCCC)COC(=O)CCCCCCC/C=C/C=C/C=C/CCCCCCC.